The number of piperidine rings is 1. The van der Waals surface area contributed by atoms with E-state index in [-0.39, 0.29) is 5.91 Å². The highest BCUT2D eigenvalue weighted by Gasteiger charge is 2.29. The molecule has 0 aliphatic carbocycles. The van der Waals surface area contributed by atoms with E-state index in [1.165, 1.54) is 11.3 Å². The Labute approximate surface area is 182 Å². The van der Waals surface area contributed by atoms with Gasteiger partial charge < -0.3 is 14.5 Å². The number of benzene rings is 1. The zero-order chi connectivity index (χ0) is 20.9. The van der Waals surface area contributed by atoms with E-state index in [4.69, 9.17) is 4.74 Å². The van der Waals surface area contributed by atoms with Crippen LogP contribution in [-0.4, -0.2) is 54.4 Å². The number of thiophene rings is 1. The topological polar surface area (TPSA) is 49.9 Å². The lowest BCUT2D eigenvalue weighted by molar-refractivity contribution is -0.131. The zero-order valence-electron chi connectivity index (χ0n) is 17.6. The SMILES string of the molecule is CCOc1cc(-c2ccccc2)sc1C(=O)N1CCC(CC(=O)N2CCCC2)CC1. The average molecular weight is 427 g/mol. The minimum absolute atomic E-state index is 0.0509. The summed E-state index contributed by atoms with van der Waals surface area (Å²) in [6, 6.07) is 12.1. The minimum atomic E-state index is 0.0509. The molecule has 5 nitrogen and oxygen atoms in total. The highest BCUT2D eigenvalue weighted by molar-refractivity contribution is 7.17. The van der Waals surface area contributed by atoms with Gasteiger partial charge in [-0.25, -0.2) is 0 Å². The van der Waals surface area contributed by atoms with Gasteiger partial charge in [-0.05, 0) is 50.2 Å². The van der Waals surface area contributed by atoms with E-state index < -0.39 is 0 Å². The standard InChI is InChI=1S/C24H30N2O3S/c1-2-29-20-17-21(19-8-4-3-5-9-19)30-23(20)24(28)26-14-10-18(11-15-26)16-22(27)25-12-6-7-13-25/h3-5,8-9,17-18H,2,6-7,10-16H2,1H3. The summed E-state index contributed by atoms with van der Waals surface area (Å²) >= 11 is 1.51. The van der Waals surface area contributed by atoms with Crippen LogP contribution in [0.2, 0.25) is 0 Å². The Bertz CT molecular complexity index is 866. The smallest absolute Gasteiger partial charge is 0.267 e. The first kappa shape index (κ1) is 20.9. The summed E-state index contributed by atoms with van der Waals surface area (Å²) in [6.07, 6.45) is 4.68. The fourth-order valence-electron chi connectivity index (χ4n) is 4.36. The lowest BCUT2D eigenvalue weighted by atomic mass is 9.93. The van der Waals surface area contributed by atoms with Gasteiger partial charge in [-0.2, -0.15) is 0 Å². The van der Waals surface area contributed by atoms with E-state index in [1.54, 1.807) is 0 Å². The fraction of sp³-hybridized carbons (Fsp3) is 0.500. The normalized spacial score (nSPS) is 17.4. The Morgan fingerprint density at radius 1 is 1.03 bits per heavy atom. The van der Waals surface area contributed by atoms with Crippen LogP contribution in [0.3, 0.4) is 0 Å². The summed E-state index contributed by atoms with van der Waals surface area (Å²) in [5.41, 5.74) is 1.10. The molecule has 0 unspecified atom stereocenters. The van der Waals surface area contributed by atoms with Gasteiger partial charge in [0.2, 0.25) is 5.91 Å². The maximum atomic E-state index is 13.3. The van der Waals surface area contributed by atoms with Crippen molar-refractivity contribution >= 4 is 23.2 Å². The molecular weight excluding hydrogens is 396 g/mol. The third kappa shape index (κ3) is 4.69. The van der Waals surface area contributed by atoms with Gasteiger partial charge in [0.15, 0.2) is 0 Å². The van der Waals surface area contributed by atoms with Crippen LogP contribution in [0.4, 0.5) is 0 Å². The number of ether oxygens (including phenoxy) is 1. The van der Waals surface area contributed by atoms with Crippen LogP contribution in [0.1, 0.15) is 48.7 Å². The molecule has 0 spiro atoms. The van der Waals surface area contributed by atoms with Crippen LogP contribution in [0, 0.1) is 5.92 Å². The Balaban J connectivity index is 1.40. The molecule has 0 saturated carbocycles. The zero-order valence-corrected chi connectivity index (χ0v) is 18.5. The Morgan fingerprint density at radius 3 is 2.40 bits per heavy atom. The number of likely N-dealkylation sites (tertiary alicyclic amines) is 2. The Hall–Kier alpha value is -2.34. The lowest BCUT2D eigenvalue weighted by Gasteiger charge is -2.32. The summed E-state index contributed by atoms with van der Waals surface area (Å²) in [6.45, 7) is 5.72. The van der Waals surface area contributed by atoms with Gasteiger partial charge in [0, 0.05) is 37.5 Å². The molecule has 4 rings (SSSR count). The molecule has 3 heterocycles. The van der Waals surface area contributed by atoms with Crippen LogP contribution in [0.15, 0.2) is 36.4 Å². The first-order chi connectivity index (χ1) is 14.7. The number of carbonyl (C=O) groups is 2. The van der Waals surface area contributed by atoms with Crippen molar-refractivity contribution in [2.75, 3.05) is 32.8 Å². The molecule has 2 amide bonds. The highest BCUT2D eigenvalue weighted by Crippen LogP contribution is 2.38. The first-order valence-electron chi connectivity index (χ1n) is 11.0. The number of hydrogen-bond donors (Lipinski definition) is 0. The summed E-state index contributed by atoms with van der Waals surface area (Å²) < 4.78 is 5.79. The number of hydrogen-bond acceptors (Lipinski definition) is 4. The second-order valence-electron chi connectivity index (χ2n) is 8.13. The minimum Gasteiger partial charge on any atom is -0.492 e. The van der Waals surface area contributed by atoms with Crippen molar-refractivity contribution in [1.29, 1.82) is 0 Å². The molecule has 1 aromatic heterocycles. The number of rotatable bonds is 6. The molecule has 2 saturated heterocycles. The van der Waals surface area contributed by atoms with Gasteiger partial charge in [0.25, 0.3) is 5.91 Å². The maximum absolute atomic E-state index is 13.3. The molecule has 0 atom stereocenters. The molecule has 0 radical (unpaired) electrons. The molecule has 30 heavy (non-hydrogen) atoms. The molecule has 2 aliphatic rings. The molecule has 6 heteroatoms. The second-order valence-corrected chi connectivity index (χ2v) is 9.18. The van der Waals surface area contributed by atoms with Crippen LogP contribution in [-0.2, 0) is 4.79 Å². The van der Waals surface area contributed by atoms with Gasteiger partial charge in [-0.1, -0.05) is 30.3 Å². The third-order valence-corrected chi connectivity index (χ3v) is 7.23. The molecule has 1 aromatic carbocycles. The van der Waals surface area contributed by atoms with Crippen LogP contribution in [0.5, 0.6) is 5.75 Å². The van der Waals surface area contributed by atoms with Crippen molar-refractivity contribution in [3.63, 3.8) is 0 Å². The summed E-state index contributed by atoms with van der Waals surface area (Å²) in [5, 5.41) is 0. The van der Waals surface area contributed by atoms with Gasteiger partial charge in [0.1, 0.15) is 10.6 Å². The van der Waals surface area contributed by atoms with Gasteiger partial charge in [-0.15, -0.1) is 11.3 Å². The molecule has 2 aliphatic heterocycles. The van der Waals surface area contributed by atoms with E-state index in [1.807, 2.05) is 41.0 Å². The second kappa shape index (κ2) is 9.65. The van der Waals surface area contributed by atoms with Crippen molar-refractivity contribution in [3.05, 3.63) is 41.3 Å². The van der Waals surface area contributed by atoms with E-state index in [0.29, 0.717) is 48.6 Å². The molecule has 0 N–H and O–H groups in total. The van der Waals surface area contributed by atoms with E-state index in [9.17, 15) is 9.59 Å². The van der Waals surface area contributed by atoms with Crippen LogP contribution in [0.25, 0.3) is 10.4 Å². The molecule has 2 fully saturated rings. The van der Waals surface area contributed by atoms with Crippen LogP contribution < -0.4 is 4.74 Å². The quantitative estimate of drug-likeness (QED) is 0.674. The van der Waals surface area contributed by atoms with E-state index in [0.717, 1.165) is 49.2 Å². The first-order valence-corrected chi connectivity index (χ1v) is 11.9. The predicted molar refractivity (Wildman–Crippen MR) is 120 cm³/mol. The summed E-state index contributed by atoms with van der Waals surface area (Å²) in [7, 11) is 0. The number of amides is 2. The Kier molecular flexibility index (Phi) is 6.72. The summed E-state index contributed by atoms with van der Waals surface area (Å²) in [4.78, 5) is 31.4. The Morgan fingerprint density at radius 2 is 1.73 bits per heavy atom. The van der Waals surface area contributed by atoms with Crippen molar-refractivity contribution in [3.8, 4) is 16.2 Å². The molecule has 0 bridgehead atoms. The largest absolute Gasteiger partial charge is 0.492 e. The predicted octanol–water partition coefficient (Wildman–Crippen LogP) is 4.68. The highest BCUT2D eigenvalue weighted by atomic mass is 32.1. The van der Waals surface area contributed by atoms with E-state index in [2.05, 4.69) is 12.1 Å². The van der Waals surface area contributed by atoms with Crippen molar-refractivity contribution in [2.24, 2.45) is 5.92 Å². The monoisotopic (exact) mass is 426 g/mol. The maximum Gasteiger partial charge on any atom is 0.267 e. The molecule has 2 aromatic rings. The van der Waals surface area contributed by atoms with Gasteiger partial charge in [0.05, 0.1) is 6.61 Å². The molecule has 160 valence electrons. The van der Waals surface area contributed by atoms with Crippen molar-refractivity contribution in [1.82, 2.24) is 9.80 Å². The summed E-state index contributed by atoms with van der Waals surface area (Å²) in [5.74, 6) is 1.41. The average Bonchev–Trinajstić information content (AvgIpc) is 3.45. The molecular formula is C24H30N2O3S. The van der Waals surface area contributed by atoms with Crippen molar-refractivity contribution in [2.45, 2.75) is 39.0 Å². The number of carbonyl (C=O) groups excluding carboxylic acids is 2. The fourth-order valence-corrected chi connectivity index (χ4v) is 5.43. The lowest BCUT2D eigenvalue weighted by Crippen LogP contribution is -2.39. The number of nitrogens with zero attached hydrogens (tertiary/aromatic N) is 2. The van der Waals surface area contributed by atoms with Gasteiger partial charge in [-0.3, -0.25) is 9.59 Å². The van der Waals surface area contributed by atoms with Crippen LogP contribution >= 0.6 is 11.3 Å². The third-order valence-electron chi connectivity index (χ3n) is 6.07. The van der Waals surface area contributed by atoms with Crippen molar-refractivity contribution < 1.29 is 14.3 Å². The van der Waals surface area contributed by atoms with Gasteiger partial charge >= 0.3 is 0 Å². The van der Waals surface area contributed by atoms with E-state index >= 15 is 0 Å².